The highest BCUT2D eigenvalue weighted by Gasteiger charge is 2.16. The third-order valence-electron chi connectivity index (χ3n) is 2.48. The quantitative estimate of drug-likeness (QED) is 0.748. The van der Waals surface area contributed by atoms with E-state index in [9.17, 15) is 0 Å². The summed E-state index contributed by atoms with van der Waals surface area (Å²) < 4.78 is 5.73. The molecule has 0 spiro atoms. The SMILES string of the molecule is OCCC#Cc1cccc(OC2CCNC2)n1. The van der Waals surface area contributed by atoms with Gasteiger partial charge >= 0.3 is 0 Å². The standard InChI is InChI=1S/C13H16N2O2/c16-9-2-1-4-11-5-3-6-13(15-11)17-12-7-8-14-10-12/h3,5-6,12,14,16H,2,7-10H2. The fourth-order valence-corrected chi connectivity index (χ4v) is 1.66. The first-order valence-electron chi connectivity index (χ1n) is 5.82. The van der Waals surface area contributed by atoms with Crippen LogP contribution in [-0.2, 0) is 0 Å². The number of hydrogen-bond donors (Lipinski definition) is 2. The van der Waals surface area contributed by atoms with E-state index in [1.807, 2.05) is 18.2 Å². The minimum Gasteiger partial charge on any atom is -0.473 e. The summed E-state index contributed by atoms with van der Waals surface area (Å²) >= 11 is 0. The Morgan fingerprint density at radius 3 is 3.24 bits per heavy atom. The number of rotatable bonds is 3. The van der Waals surface area contributed by atoms with Crippen LogP contribution in [0.15, 0.2) is 18.2 Å². The number of ether oxygens (including phenoxy) is 1. The van der Waals surface area contributed by atoms with Crippen LogP contribution < -0.4 is 10.1 Å². The van der Waals surface area contributed by atoms with Crippen LogP contribution in [-0.4, -0.2) is 35.9 Å². The molecule has 90 valence electrons. The van der Waals surface area contributed by atoms with Crippen molar-refractivity contribution >= 4 is 0 Å². The third kappa shape index (κ3) is 3.74. The molecule has 2 N–H and O–H groups in total. The number of nitrogens with zero attached hydrogens (tertiary/aromatic N) is 1. The summed E-state index contributed by atoms with van der Waals surface area (Å²) in [6.07, 6.45) is 1.70. The molecule has 4 nitrogen and oxygen atoms in total. The Bertz CT molecular complexity index is 417. The van der Waals surface area contributed by atoms with Gasteiger partial charge in [0.25, 0.3) is 0 Å². The van der Waals surface area contributed by atoms with E-state index in [4.69, 9.17) is 9.84 Å². The first-order chi connectivity index (χ1) is 8.38. The maximum atomic E-state index is 8.63. The van der Waals surface area contributed by atoms with Gasteiger partial charge in [0.2, 0.25) is 5.88 Å². The smallest absolute Gasteiger partial charge is 0.214 e. The summed E-state index contributed by atoms with van der Waals surface area (Å²) in [7, 11) is 0. The summed E-state index contributed by atoms with van der Waals surface area (Å²) in [4.78, 5) is 4.30. The molecule has 0 aliphatic carbocycles. The highest BCUT2D eigenvalue weighted by Crippen LogP contribution is 2.12. The van der Waals surface area contributed by atoms with Crippen molar-refractivity contribution in [3.8, 4) is 17.7 Å². The van der Waals surface area contributed by atoms with Crippen molar-refractivity contribution in [2.45, 2.75) is 18.9 Å². The van der Waals surface area contributed by atoms with Crippen molar-refractivity contribution in [1.29, 1.82) is 0 Å². The number of aromatic nitrogens is 1. The van der Waals surface area contributed by atoms with Gasteiger partial charge < -0.3 is 15.2 Å². The summed E-state index contributed by atoms with van der Waals surface area (Å²) in [6.45, 7) is 1.96. The van der Waals surface area contributed by atoms with Crippen LogP contribution >= 0.6 is 0 Å². The fourth-order valence-electron chi connectivity index (χ4n) is 1.66. The number of aliphatic hydroxyl groups excluding tert-OH is 1. The van der Waals surface area contributed by atoms with Crippen LogP contribution in [0.25, 0.3) is 0 Å². The molecule has 2 heterocycles. The fraction of sp³-hybridized carbons (Fsp3) is 0.462. The van der Waals surface area contributed by atoms with Gasteiger partial charge in [0.15, 0.2) is 0 Å². The van der Waals surface area contributed by atoms with Crippen LogP contribution in [0.1, 0.15) is 18.5 Å². The van der Waals surface area contributed by atoms with Gasteiger partial charge in [-0.2, -0.15) is 0 Å². The van der Waals surface area contributed by atoms with E-state index < -0.39 is 0 Å². The second-order valence-corrected chi connectivity index (χ2v) is 3.87. The molecule has 1 aromatic heterocycles. The van der Waals surface area contributed by atoms with Crippen molar-refractivity contribution in [2.24, 2.45) is 0 Å². The number of pyridine rings is 1. The molecular formula is C13H16N2O2. The normalized spacial score (nSPS) is 18.5. The molecule has 1 aliphatic heterocycles. The molecule has 1 fully saturated rings. The Morgan fingerprint density at radius 1 is 1.53 bits per heavy atom. The molecule has 17 heavy (non-hydrogen) atoms. The zero-order valence-corrected chi connectivity index (χ0v) is 9.65. The van der Waals surface area contributed by atoms with E-state index >= 15 is 0 Å². The zero-order chi connectivity index (χ0) is 11.9. The highest BCUT2D eigenvalue weighted by molar-refractivity contribution is 5.30. The van der Waals surface area contributed by atoms with E-state index in [1.165, 1.54) is 0 Å². The van der Waals surface area contributed by atoms with Crippen LogP contribution in [0.2, 0.25) is 0 Å². The van der Waals surface area contributed by atoms with Crippen LogP contribution in [0.4, 0.5) is 0 Å². The Hall–Kier alpha value is -1.57. The van der Waals surface area contributed by atoms with E-state index in [-0.39, 0.29) is 12.7 Å². The van der Waals surface area contributed by atoms with E-state index in [1.54, 1.807) is 0 Å². The number of aliphatic hydroxyl groups is 1. The molecule has 4 heteroatoms. The lowest BCUT2D eigenvalue weighted by Crippen LogP contribution is -2.20. The number of hydrogen-bond acceptors (Lipinski definition) is 4. The van der Waals surface area contributed by atoms with Gasteiger partial charge in [0.1, 0.15) is 11.8 Å². The molecule has 0 amide bonds. The maximum Gasteiger partial charge on any atom is 0.214 e. The summed E-state index contributed by atoms with van der Waals surface area (Å²) in [5, 5.41) is 11.9. The molecule has 0 saturated carbocycles. The molecule has 1 aromatic rings. The Morgan fingerprint density at radius 2 is 2.47 bits per heavy atom. The van der Waals surface area contributed by atoms with Gasteiger partial charge in [-0.1, -0.05) is 12.0 Å². The molecule has 1 aliphatic rings. The molecule has 1 atom stereocenters. The Labute approximate surface area is 101 Å². The molecule has 0 radical (unpaired) electrons. The van der Waals surface area contributed by atoms with Gasteiger partial charge in [-0.3, -0.25) is 0 Å². The molecule has 0 bridgehead atoms. The average Bonchev–Trinajstić information content (AvgIpc) is 2.83. The highest BCUT2D eigenvalue weighted by atomic mass is 16.5. The van der Waals surface area contributed by atoms with E-state index in [0.717, 1.165) is 19.5 Å². The number of nitrogens with one attached hydrogen (secondary N) is 1. The molecule has 0 aromatic carbocycles. The topological polar surface area (TPSA) is 54.4 Å². The predicted octanol–water partition coefficient (Wildman–Crippen LogP) is 0.556. The molecule has 1 unspecified atom stereocenters. The van der Waals surface area contributed by atoms with E-state index in [2.05, 4.69) is 22.1 Å². The van der Waals surface area contributed by atoms with Gasteiger partial charge in [-0.15, -0.1) is 0 Å². The summed E-state index contributed by atoms with van der Waals surface area (Å²) in [5.41, 5.74) is 0.682. The van der Waals surface area contributed by atoms with Gasteiger partial charge in [0, 0.05) is 19.0 Å². The van der Waals surface area contributed by atoms with Gasteiger partial charge in [0.05, 0.1) is 6.61 Å². The zero-order valence-electron chi connectivity index (χ0n) is 9.65. The second kappa shape index (κ2) is 6.24. The predicted molar refractivity (Wildman–Crippen MR) is 64.7 cm³/mol. The van der Waals surface area contributed by atoms with Crippen LogP contribution in [0.3, 0.4) is 0 Å². The van der Waals surface area contributed by atoms with E-state index in [0.29, 0.717) is 18.0 Å². The lowest BCUT2D eigenvalue weighted by molar-refractivity contribution is 0.214. The summed E-state index contributed by atoms with van der Waals surface area (Å²) in [5.74, 6) is 6.36. The van der Waals surface area contributed by atoms with Crippen LogP contribution in [0.5, 0.6) is 5.88 Å². The molecule has 2 rings (SSSR count). The molecular weight excluding hydrogens is 216 g/mol. The second-order valence-electron chi connectivity index (χ2n) is 3.87. The van der Waals surface area contributed by atoms with Crippen molar-refractivity contribution in [2.75, 3.05) is 19.7 Å². The lowest BCUT2D eigenvalue weighted by atomic mass is 10.3. The monoisotopic (exact) mass is 232 g/mol. The summed E-state index contributed by atoms with van der Waals surface area (Å²) in [6, 6.07) is 5.56. The minimum absolute atomic E-state index is 0.0803. The Kier molecular flexibility index (Phi) is 4.37. The maximum absolute atomic E-state index is 8.63. The largest absolute Gasteiger partial charge is 0.473 e. The minimum atomic E-state index is 0.0803. The first-order valence-corrected chi connectivity index (χ1v) is 5.82. The van der Waals surface area contributed by atoms with Gasteiger partial charge in [-0.05, 0) is 25.0 Å². The average molecular weight is 232 g/mol. The third-order valence-corrected chi connectivity index (χ3v) is 2.48. The van der Waals surface area contributed by atoms with Crippen LogP contribution in [0, 0.1) is 11.8 Å². The first kappa shape index (κ1) is 11.9. The van der Waals surface area contributed by atoms with Crippen molar-refractivity contribution < 1.29 is 9.84 Å². The van der Waals surface area contributed by atoms with Crippen molar-refractivity contribution in [3.63, 3.8) is 0 Å². The van der Waals surface area contributed by atoms with Crippen molar-refractivity contribution in [3.05, 3.63) is 23.9 Å². The Balaban J connectivity index is 1.98. The van der Waals surface area contributed by atoms with Gasteiger partial charge in [-0.25, -0.2) is 4.98 Å². The molecule has 1 saturated heterocycles. The lowest BCUT2D eigenvalue weighted by Gasteiger charge is -2.10. The van der Waals surface area contributed by atoms with Crippen molar-refractivity contribution in [1.82, 2.24) is 10.3 Å².